The minimum Gasteiger partial charge on any atom is -0.460 e. The molecule has 1 aromatic rings. The van der Waals surface area contributed by atoms with E-state index in [9.17, 15) is 19.2 Å². The highest BCUT2D eigenvalue weighted by Gasteiger charge is 2.31. The van der Waals surface area contributed by atoms with Crippen molar-refractivity contribution in [3.63, 3.8) is 0 Å². The second-order valence-corrected chi connectivity index (χ2v) is 11.6. The van der Waals surface area contributed by atoms with Crippen molar-refractivity contribution in [1.29, 1.82) is 0 Å². The minimum absolute atomic E-state index is 0.00964. The van der Waals surface area contributed by atoms with Crippen molar-refractivity contribution in [1.82, 2.24) is 5.32 Å². The second kappa shape index (κ2) is 12.3. The van der Waals surface area contributed by atoms with Gasteiger partial charge < -0.3 is 19.5 Å². The normalized spacial score (nSPS) is 13.1. The van der Waals surface area contributed by atoms with Crippen LogP contribution in [0.2, 0.25) is 0 Å². The van der Waals surface area contributed by atoms with Crippen LogP contribution in [-0.4, -0.2) is 47.0 Å². The number of hydrogen-bond acceptors (Lipinski definition) is 8. The molecule has 0 heterocycles. The number of carbonyl (C=O) groups excluding carboxylic acids is 4. The van der Waals surface area contributed by atoms with E-state index < -0.39 is 40.6 Å². The van der Waals surface area contributed by atoms with Crippen LogP contribution in [0, 0.1) is 5.92 Å². The summed E-state index contributed by atoms with van der Waals surface area (Å²) in [4.78, 5) is 49.8. The monoisotopic (exact) mass is 491 g/mol. The largest absolute Gasteiger partial charge is 0.460 e. The maximum absolute atomic E-state index is 12.6. The third-order valence-electron chi connectivity index (χ3n) is 4.26. The predicted molar refractivity (Wildman–Crippen MR) is 133 cm³/mol. The highest BCUT2D eigenvalue weighted by Crippen LogP contribution is 2.20. The van der Waals surface area contributed by atoms with Crippen molar-refractivity contribution in [3.8, 4) is 0 Å². The zero-order valence-electron chi connectivity index (χ0n) is 22.6. The number of Topliss-reactive ketones (excluding diaryl/α,β-unsaturated/α-hetero) is 1. The van der Waals surface area contributed by atoms with Crippen LogP contribution in [0.15, 0.2) is 24.3 Å². The van der Waals surface area contributed by atoms with Gasteiger partial charge >= 0.3 is 17.9 Å². The molecule has 0 radical (unpaired) electrons. The summed E-state index contributed by atoms with van der Waals surface area (Å²) in [5.41, 5.74) is -0.813. The third kappa shape index (κ3) is 13.7. The lowest BCUT2D eigenvalue weighted by Crippen LogP contribution is -2.34. The van der Waals surface area contributed by atoms with Crippen LogP contribution in [0.5, 0.6) is 0 Å². The summed E-state index contributed by atoms with van der Waals surface area (Å²) in [6.07, 6.45) is -0.394. The van der Waals surface area contributed by atoms with Crippen molar-refractivity contribution in [2.45, 2.75) is 98.5 Å². The molecule has 1 rings (SSSR count). The molecule has 1 atom stereocenters. The Hall–Kier alpha value is -2.74. The molecule has 0 fully saturated rings. The van der Waals surface area contributed by atoms with Crippen LogP contribution in [0.1, 0.15) is 91.1 Å². The molecule has 0 aliphatic rings. The van der Waals surface area contributed by atoms with Crippen LogP contribution in [0.3, 0.4) is 0 Å². The Morgan fingerprint density at radius 3 is 1.91 bits per heavy atom. The lowest BCUT2D eigenvalue weighted by molar-refractivity contribution is -0.168. The van der Waals surface area contributed by atoms with Crippen molar-refractivity contribution in [3.05, 3.63) is 35.4 Å². The van der Waals surface area contributed by atoms with E-state index in [0.717, 1.165) is 5.56 Å². The number of ketones is 1. The molecule has 0 aliphatic heterocycles. The Morgan fingerprint density at radius 1 is 0.800 bits per heavy atom. The van der Waals surface area contributed by atoms with E-state index in [-0.39, 0.29) is 25.2 Å². The molecule has 1 N–H and O–H groups in total. The fraction of sp³-hybridized carbons (Fsp3) is 0.630. The average Bonchev–Trinajstić information content (AvgIpc) is 2.63. The summed E-state index contributed by atoms with van der Waals surface area (Å²) >= 11 is 0. The Bertz CT molecular complexity index is 901. The van der Waals surface area contributed by atoms with E-state index in [4.69, 9.17) is 14.2 Å². The van der Waals surface area contributed by atoms with Crippen LogP contribution in [-0.2, 0) is 35.1 Å². The number of esters is 3. The molecule has 1 aromatic carbocycles. The fourth-order valence-electron chi connectivity index (χ4n) is 3.05. The van der Waals surface area contributed by atoms with E-state index in [1.165, 1.54) is 0 Å². The maximum atomic E-state index is 12.6. The van der Waals surface area contributed by atoms with E-state index >= 15 is 0 Å². The lowest BCUT2D eigenvalue weighted by Gasteiger charge is -2.25. The average molecular weight is 492 g/mol. The van der Waals surface area contributed by atoms with Gasteiger partial charge in [-0.3, -0.25) is 14.4 Å². The SMILES string of the molecule is CC(C)(C)OC(=O)C[C@H](CC(=O)CNCc1cccc(C(=O)OC(C)(C)C)c1)C(=O)OC(C)(C)C. The molecular weight excluding hydrogens is 450 g/mol. The molecule has 0 spiro atoms. The number of ether oxygens (including phenoxy) is 3. The molecule has 0 bridgehead atoms. The topological polar surface area (TPSA) is 108 Å². The molecule has 8 nitrogen and oxygen atoms in total. The zero-order chi connectivity index (χ0) is 27.0. The van der Waals surface area contributed by atoms with Crippen LogP contribution >= 0.6 is 0 Å². The van der Waals surface area contributed by atoms with E-state index in [1.807, 2.05) is 6.07 Å². The number of benzene rings is 1. The zero-order valence-corrected chi connectivity index (χ0v) is 22.6. The minimum atomic E-state index is -0.936. The summed E-state index contributed by atoms with van der Waals surface area (Å²) in [5, 5.41) is 3.03. The Kier molecular flexibility index (Phi) is 10.6. The smallest absolute Gasteiger partial charge is 0.338 e. The molecule has 0 saturated carbocycles. The van der Waals surface area contributed by atoms with Crippen molar-refractivity contribution in [2.24, 2.45) is 5.92 Å². The molecule has 0 aromatic heterocycles. The van der Waals surface area contributed by atoms with E-state index in [0.29, 0.717) is 12.1 Å². The number of rotatable bonds is 10. The third-order valence-corrected chi connectivity index (χ3v) is 4.26. The van der Waals surface area contributed by atoms with Gasteiger partial charge in [0, 0.05) is 13.0 Å². The number of nitrogens with one attached hydrogen (secondary N) is 1. The summed E-state index contributed by atoms with van der Waals surface area (Å²) in [6, 6.07) is 6.96. The Morgan fingerprint density at radius 2 is 1.37 bits per heavy atom. The molecule has 0 aliphatic carbocycles. The van der Waals surface area contributed by atoms with Gasteiger partial charge in [-0.15, -0.1) is 0 Å². The second-order valence-electron chi connectivity index (χ2n) is 11.6. The quantitative estimate of drug-likeness (QED) is 0.379. The van der Waals surface area contributed by atoms with E-state index in [2.05, 4.69) is 5.32 Å². The van der Waals surface area contributed by atoms with Gasteiger partial charge in [0.1, 0.15) is 22.6 Å². The maximum Gasteiger partial charge on any atom is 0.338 e. The number of carbonyl (C=O) groups is 4. The summed E-state index contributed by atoms with van der Waals surface area (Å²) in [6.45, 7) is 16.1. The van der Waals surface area contributed by atoms with Gasteiger partial charge in [-0.25, -0.2) is 4.79 Å². The lowest BCUT2D eigenvalue weighted by atomic mass is 9.98. The van der Waals surface area contributed by atoms with Crippen LogP contribution in [0.25, 0.3) is 0 Å². The standard InChI is InChI=1S/C27H41NO7/c1-25(2,3)33-22(30)15-20(24(32)35-27(7,8)9)14-21(29)17-28-16-18-11-10-12-19(13-18)23(31)34-26(4,5)6/h10-13,20,28H,14-17H2,1-9H3/t20-/m0/s1. The first-order valence-corrected chi connectivity index (χ1v) is 11.8. The molecule has 0 amide bonds. The van der Waals surface area contributed by atoms with Gasteiger partial charge in [0.2, 0.25) is 0 Å². The predicted octanol–water partition coefficient (Wildman–Crippen LogP) is 4.38. The molecule has 0 saturated heterocycles. The van der Waals surface area contributed by atoms with Crippen molar-refractivity contribution >= 4 is 23.7 Å². The molecular formula is C27H41NO7. The highest BCUT2D eigenvalue weighted by atomic mass is 16.6. The molecule has 35 heavy (non-hydrogen) atoms. The summed E-state index contributed by atoms with van der Waals surface area (Å²) in [7, 11) is 0. The molecule has 8 heteroatoms. The summed E-state index contributed by atoms with van der Waals surface area (Å²) in [5.74, 6) is -2.77. The fourth-order valence-corrected chi connectivity index (χ4v) is 3.05. The highest BCUT2D eigenvalue weighted by molar-refractivity contribution is 5.90. The van der Waals surface area contributed by atoms with Crippen LogP contribution < -0.4 is 5.32 Å². The van der Waals surface area contributed by atoms with Gasteiger partial charge in [0.05, 0.1) is 24.4 Å². The Balaban J connectivity index is 2.74. The first-order valence-electron chi connectivity index (χ1n) is 11.8. The molecule has 0 unspecified atom stereocenters. The first-order chi connectivity index (χ1) is 15.8. The van der Waals surface area contributed by atoms with Gasteiger partial charge in [0.15, 0.2) is 0 Å². The van der Waals surface area contributed by atoms with Crippen molar-refractivity contribution < 1.29 is 33.4 Å². The van der Waals surface area contributed by atoms with Gasteiger partial charge in [-0.05, 0) is 80.0 Å². The Labute approximate surface area is 209 Å². The number of hydrogen-bond donors (Lipinski definition) is 1. The van der Waals surface area contributed by atoms with Gasteiger partial charge in [0.25, 0.3) is 0 Å². The molecule has 196 valence electrons. The summed E-state index contributed by atoms with van der Waals surface area (Å²) < 4.78 is 16.1. The van der Waals surface area contributed by atoms with E-state index in [1.54, 1.807) is 80.5 Å². The van der Waals surface area contributed by atoms with Crippen LogP contribution in [0.4, 0.5) is 0 Å². The van der Waals surface area contributed by atoms with Gasteiger partial charge in [-0.2, -0.15) is 0 Å². The first kappa shape index (κ1) is 30.3. The van der Waals surface area contributed by atoms with Crippen molar-refractivity contribution in [2.75, 3.05) is 6.54 Å². The van der Waals surface area contributed by atoms with Gasteiger partial charge in [-0.1, -0.05) is 12.1 Å².